The van der Waals surface area contributed by atoms with E-state index in [0.29, 0.717) is 35.7 Å². The zero-order chi connectivity index (χ0) is 18.1. The Morgan fingerprint density at radius 1 is 1.19 bits per heavy atom. The molecule has 1 aromatic heterocycles. The number of aromatic nitrogens is 2. The Kier molecular flexibility index (Phi) is 3.90. The number of carbonyl (C=O) groups excluding carboxylic acids is 1. The number of nitriles is 1. The van der Waals surface area contributed by atoms with Gasteiger partial charge in [-0.1, -0.05) is 12.1 Å². The first-order chi connectivity index (χ1) is 12.6. The number of hydrogen-bond donors (Lipinski definition) is 1. The molecule has 1 amide bonds. The van der Waals surface area contributed by atoms with Crippen LogP contribution >= 0.6 is 0 Å². The van der Waals surface area contributed by atoms with Gasteiger partial charge in [-0.3, -0.25) is 9.48 Å². The molecule has 1 N–H and O–H groups in total. The maximum Gasteiger partial charge on any atom is 0.259 e. The fourth-order valence-corrected chi connectivity index (χ4v) is 2.91. The Labute approximate surface area is 150 Å². The van der Waals surface area contributed by atoms with E-state index in [1.54, 1.807) is 23.0 Å². The van der Waals surface area contributed by atoms with E-state index < -0.39 is 0 Å². The zero-order valence-corrected chi connectivity index (χ0v) is 14.2. The lowest BCUT2D eigenvalue weighted by Crippen LogP contribution is -2.10. The van der Waals surface area contributed by atoms with E-state index in [2.05, 4.69) is 16.5 Å². The summed E-state index contributed by atoms with van der Waals surface area (Å²) in [7, 11) is 0. The van der Waals surface area contributed by atoms with E-state index in [1.165, 1.54) is 0 Å². The number of anilines is 1. The zero-order valence-electron chi connectivity index (χ0n) is 14.2. The Bertz CT molecular complexity index is 1050. The van der Waals surface area contributed by atoms with Crippen molar-refractivity contribution in [2.45, 2.75) is 19.9 Å². The molecule has 2 aromatic carbocycles. The van der Waals surface area contributed by atoms with Gasteiger partial charge in [0.2, 0.25) is 0 Å². The Hall–Kier alpha value is -3.59. The number of ether oxygens (including phenoxy) is 1. The molecule has 0 atom stereocenters. The number of amides is 1. The number of fused-ring (bicyclic) bond motifs is 2. The molecule has 3 aromatic rings. The third-order valence-electron chi connectivity index (χ3n) is 4.25. The minimum atomic E-state index is -0.205. The van der Waals surface area contributed by atoms with E-state index in [1.807, 2.05) is 37.4 Å². The van der Waals surface area contributed by atoms with Crippen molar-refractivity contribution < 1.29 is 9.53 Å². The summed E-state index contributed by atoms with van der Waals surface area (Å²) >= 11 is 0. The van der Waals surface area contributed by atoms with E-state index in [0.717, 1.165) is 16.7 Å². The van der Waals surface area contributed by atoms with Gasteiger partial charge in [0.15, 0.2) is 5.75 Å². The molecular formula is C20H16N4O2. The number of carbonyl (C=O) groups is 1. The second kappa shape index (κ2) is 6.37. The second-order valence-corrected chi connectivity index (χ2v) is 6.17. The van der Waals surface area contributed by atoms with Crippen LogP contribution in [0.15, 0.2) is 48.8 Å². The van der Waals surface area contributed by atoms with Gasteiger partial charge in [-0.2, -0.15) is 10.4 Å². The predicted molar refractivity (Wildman–Crippen MR) is 97.1 cm³/mol. The summed E-state index contributed by atoms with van der Waals surface area (Å²) in [6, 6.07) is 13.3. The van der Waals surface area contributed by atoms with Crippen molar-refractivity contribution in [3.05, 3.63) is 59.9 Å². The van der Waals surface area contributed by atoms with Crippen molar-refractivity contribution in [2.75, 3.05) is 5.32 Å². The number of nitrogens with one attached hydrogen (secondary N) is 1. The van der Waals surface area contributed by atoms with Crippen molar-refractivity contribution in [3.63, 3.8) is 0 Å². The molecule has 6 nitrogen and oxygen atoms in total. The van der Waals surface area contributed by atoms with Gasteiger partial charge >= 0.3 is 0 Å². The average molecular weight is 344 g/mol. The van der Waals surface area contributed by atoms with E-state index >= 15 is 0 Å². The Balaban J connectivity index is 1.69. The van der Waals surface area contributed by atoms with E-state index in [4.69, 9.17) is 10.00 Å². The third kappa shape index (κ3) is 2.91. The van der Waals surface area contributed by atoms with Crippen molar-refractivity contribution in [1.29, 1.82) is 5.26 Å². The molecule has 0 bridgehead atoms. The molecule has 128 valence electrons. The molecule has 0 radical (unpaired) electrons. The van der Waals surface area contributed by atoms with Crippen LogP contribution in [0.25, 0.3) is 11.1 Å². The molecule has 1 aliphatic heterocycles. The van der Waals surface area contributed by atoms with Gasteiger partial charge in [-0.15, -0.1) is 0 Å². The van der Waals surface area contributed by atoms with Crippen LogP contribution in [0, 0.1) is 18.3 Å². The van der Waals surface area contributed by atoms with Crippen molar-refractivity contribution in [2.24, 2.45) is 0 Å². The average Bonchev–Trinajstić information content (AvgIpc) is 3.06. The smallest absolute Gasteiger partial charge is 0.259 e. The summed E-state index contributed by atoms with van der Waals surface area (Å²) in [5.41, 5.74) is 3.94. The van der Waals surface area contributed by atoms with Crippen LogP contribution in [0.3, 0.4) is 0 Å². The van der Waals surface area contributed by atoms with Crippen molar-refractivity contribution >= 4 is 11.6 Å². The van der Waals surface area contributed by atoms with Gasteiger partial charge in [0.05, 0.1) is 36.5 Å². The first kappa shape index (κ1) is 15.9. The molecule has 0 unspecified atom stereocenters. The third-order valence-corrected chi connectivity index (χ3v) is 4.25. The molecular weight excluding hydrogens is 328 g/mol. The number of benzene rings is 2. The van der Waals surface area contributed by atoms with Gasteiger partial charge in [0, 0.05) is 11.8 Å². The van der Waals surface area contributed by atoms with Crippen molar-refractivity contribution in [3.8, 4) is 28.7 Å². The number of nitrogens with zero attached hydrogens (tertiary/aromatic N) is 3. The SMILES string of the molecule is Cc1ccc2c(c1)NC(=O)c1cc(-c3cnn(CCC#N)c3)ccc1O2. The van der Waals surface area contributed by atoms with Crippen LogP contribution in [0.1, 0.15) is 22.3 Å². The highest BCUT2D eigenvalue weighted by Gasteiger charge is 2.21. The molecule has 1 aliphatic rings. The van der Waals surface area contributed by atoms with Gasteiger partial charge in [0.1, 0.15) is 5.75 Å². The van der Waals surface area contributed by atoms with Crippen LogP contribution in [-0.4, -0.2) is 15.7 Å². The summed E-state index contributed by atoms with van der Waals surface area (Å²) in [5, 5.41) is 15.8. The monoisotopic (exact) mass is 344 g/mol. The molecule has 4 rings (SSSR count). The van der Waals surface area contributed by atoms with Gasteiger partial charge in [0.25, 0.3) is 5.91 Å². The lowest BCUT2D eigenvalue weighted by atomic mass is 10.0. The highest BCUT2D eigenvalue weighted by Crippen LogP contribution is 2.37. The topological polar surface area (TPSA) is 79.9 Å². The predicted octanol–water partition coefficient (Wildman–Crippen LogP) is 4.13. The molecule has 0 spiro atoms. The molecule has 0 saturated heterocycles. The minimum Gasteiger partial charge on any atom is -0.454 e. The molecule has 0 aliphatic carbocycles. The minimum absolute atomic E-state index is 0.205. The molecule has 0 saturated carbocycles. The summed E-state index contributed by atoms with van der Waals surface area (Å²) in [5.74, 6) is 0.938. The molecule has 2 heterocycles. The molecule has 26 heavy (non-hydrogen) atoms. The summed E-state index contributed by atoms with van der Waals surface area (Å²) in [6.45, 7) is 2.51. The quantitative estimate of drug-likeness (QED) is 0.775. The highest BCUT2D eigenvalue weighted by atomic mass is 16.5. The lowest BCUT2D eigenvalue weighted by Gasteiger charge is -2.08. The molecule has 6 heteroatoms. The van der Waals surface area contributed by atoms with Crippen LogP contribution < -0.4 is 10.1 Å². The fourth-order valence-electron chi connectivity index (χ4n) is 2.91. The molecule has 0 fully saturated rings. The Morgan fingerprint density at radius 3 is 2.88 bits per heavy atom. The van der Waals surface area contributed by atoms with Crippen LogP contribution in [-0.2, 0) is 6.54 Å². The van der Waals surface area contributed by atoms with Gasteiger partial charge < -0.3 is 10.1 Å². The lowest BCUT2D eigenvalue weighted by molar-refractivity contribution is 0.102. The Morgan fingerprint density at radius 2 is 2.04 bits per heavy atom. The van der Waals surface area contributed by atoms with E-state index in [-0.39, 0.29) is 5.91 Å². The van der Waals surface area contributed by atoms with Crippen LogP contribution in [0.4, 0.5) is 5.69 Å². The number of rotatable bonds is 3. The standard InChI is InChI=1S/C20H16N4O2/c1-13-3-5-19-17(9-13)23-20(25)16-10-14(4-6-18(16)26-19)15-11-22-24(12-15)8-2-7-21/h3-6,9-12H,2,8H2,1H3,(H,23,25). The summed E-state index contributed by atoms with van der Waals surface area (Å²) in [6.07, 6.45) is 4.00. The summed E-state index contributed by atoms with van der Waals surface area (Å²) < 4.78 is 7.66. The van der Waals surface area contributed by atoms with Crippen molar-refractivity contribution in [1.82, 2.24) is 9.78 Å². The number of hydrogen-bond acceptors (Lipinski definition) is 4. The summed E-state index contributed by atoms with van der Waals surface area (Å²) in [4.78, 5) is 12.7. The fraction of sp³-hybridized carbons (Fsp3) is 0.150. The maximum atomic E-state index is 12.7. The first-order valence-electron chi connectivity index (χ1n) is 8.28. The van der Waals surface area contributed by atoms with Crippen LogP contribution in [0.2, 0.25) is 0 Å². The largest absolute Gasteiger partial charge is 0.454 e. The van der Waals surface area contributed by atoms with Gasteiger partial charge in [-0.05, 0) is 42.3 Å². The van der Waals surface area contributed by atoms with E-state index in [9.17, 15) is 4.79 Å². The first-order valence-corrected chi connectivity index (χ1v) is 8.28. The highest BCUT2D eigenvalue weighted by molar-refractivity contribution is 6.08. The van der Waals surface area contributed by atoms with Gasteiger partial charge in [-0.25, -0.2) is 0 Å². The normalized spacial score (nSPS) is 12.2. The van der Waals surface area contributed by atoms with Crippen LogP contribution in [0.5, 0.6) is 11.5 Å². The maximum absolute atomic E-state index is 12.7. The second-order valence-electron chi connectivity index (χ2n) is 6.17. The number of aryl methyl sites for hydroxylation is 2.